The van der Waals surface area contributed by atoms with E-state index >= 15 is 0 Å². The number of ether oxygens (including phenoxy) is 1. The molecular formula is C13H16N4O2. The molecule has 0 fully saturated rings. The second-order valence-corrected chi connectivity index (χ2v) is 4.19. The predicted octanol–water partition coefficient (Wildman–Crippen LogP) is 1.55. The molecule has 6 nitrogen and oxygen atoms in total. The summed E-state index contributed by atoms with van der Waals surface area (Å²) >= 11 is 0. The first kappa shape index (κ1) is 13.2. The van der Waals surface area contributed by atoms with Gasteiger partial charge in [0, 0.05) is 12.1 Å². The van der Waals surface area contributed by atoms with Crippen molar-refractivity contribution in [2.75, 3.05) is 7.11 Å². The van der Waals surface area contributed by atoms with E-state index in [0.717, 1.165) is 0 Å². The Morgan fingerprint density at radius 2 is 2.11 bits per heavy atom. The average molecular weight is 260 g/mol. The third-order valence-corrected chi connectivity index (χ3v) is 2.89. The topological polar surface area (TPSA) is 69.9 Å². The highest BCUT2D eigenvalue weighted by Gasteiger charge is 2.22. The Bertz CT molecular complexity index is 598. The molecule has 19 heavy (non-hydrogen) atoms. The number of carbonyl (C=O) groups excluding carboxylic acids is 1. The van der Waals surface area contributed by atoms with Crippen molar-refractivity contribution in [2.45, 2.75) is 27.3 Å². The van der Waals surface area contributed by atoms with Gasteiger partial charge in [-0.3, -0.25) is 9.48 Å². The van der Waals surface area contributed by atoms with Crippen molar-refractivity contribution in [3.8, 4) is 5.75 Å². The minimum absolute atomic E-state index is 0.147. The number of methoxy groups -OCH3 is 1. The van der Waals surface area contributed by atoms with Crippen LogP contribution in [0.4, 0.5) is 0 Å². The van der Waals surface area contributed by atoms with Crippen LogP contribution in [-0.4, -0.2) is 32.9 Å². The zero-order chi connectivity index (χ0) is 14.0. The van der Waals surface area contributed by atoms with Gasteiger partial charge in [0.15, 0.2) is 11.4 Å². The third-order valence-electron chi connectivity index (χ3n) is 2.89. The normalized spacial score (nSPS) is 10.5. The molecule has 0 radical (unpaired) electrons. The van der Waals surface area contributed by atoms with Crippen LogP contribution in [-0.2, 0) is 6.54 Å². The summed E-state index contributed by atoms with van der Waals surface area (Å²) < 4.78 is 6.82. The van der Waals surface area contributed by atoms with Gasteiger partial charge in [-0.15, -0.1) is 0 Å². The molecule has 0 atom stereocenters. The summed E-state index contributed by atoms with van der Waals surface area (Å²) in [6.07, 6.45) is 1.55. The highest BCUT2D eigenvalue weighted by molar-refractivity contribution is 6.10. The fraction of sp³-hybridized carbons (Fsp3) is 0.385. The van der Waals surface area contributed by atoms with E-state index < -0.39 is 0 Å². The Morgan fingerprint density at radius 1 is 1.37 bits per heavy atom. The van der Waals surface area contributed by atoms with E-state index in [1.165, 1.54) is 7.11 Å². The largest absolute Gasteiger partial charge is 0.493 e. The lowest BCUT2D eigenvalue weighted by molar-refractivity contribution is 0.102. The number of aromatic nitrogens is 4. The van der Waals surface area contributed by atoms with Crippen LogP contribution in [0.2, 0.25) is 0 Å². The Balaban J connectivity index is 2.55. The molecule has 2 aromatic rings. The van der Waals surface area contributed by atoms with Gasteiger partial charge in [-0.2, -0.15) is 15.3 Å². The van der Waals surface area contributed by atoms with Crippen molar-refractivity contribution in [1.82, 2.24) is 20.0 Å². The van der Waals surface area contributed by atoms with Gasteiger partial charge in [-0.05, 0) is 26.8 Å². The summed E-state index contributed by atoms with van der Waals surface area (Å²) in [5.41, 5.74) is 2.28. The first-order valence-corrected chi connectivity index (χ1v) is 6.03. The molecule has 0 saturated heterocycles. The van der Waals surface area contributed by atoms with Crippen molar-refractivity contribution >= 4 is 5.78 Å². The molecule has 0 aliphatic rings. The molecular weight excluding hydrogens is 244 g/mol. The van der Waals surface area contributed by atoms with Gasteiger partial charge in [-0.1, -0.05) is 0 Å². The maximum atomic E-state index is 12.6. The van der Waals surface area contributed by atoms with Crippen molar-refractivity contribution in [1.29, 1.82) is 0 Å². The first-order chi connectivity index (χ1) is 9.08. The second-order valence-electron chi connectivity index (χ2n) is 4.19. The monoisotopic (exact) mass is 260 g/mol. The van der Waals surface area contributed by atoms with Crippen LogP contribution < -0.4 is 4.74 Å². The van der Waals surface area contributed by atoms with Crippen molar-refractivity contribution in [2.24, 2.45) is 0 Å². The lowest BCUT2D eigenvalue weighted by Crippen LogP contribution is -2.14. The smallest absolute Gasteiger partial charge is 0.216 e. The Hall–Kier alpha value is -2.24. The summed E-state index contributed by atoms with van der Waals surface area (Å²) in [4.78, 5) is 12.6. The van der Waals surface area contributed by atoms with Gasteiger partial charge in [-0.25, -0.2) is 0 Å². The van der Waals surface area contributed by atoms with E-state index in [1.54, 1.807) is 30.8 Å². The molecule has 2 aromatic heterocycles. The summed E-state index contributed by atoms with van der Waals surface area (Å²) in [5.74, 6) is 0.326. The number of hydrogen-bond donors (Lipinski definition) is 0. The van der Waals surface area contributed by atoms with E-state index in [2.05, 4.69) is 15.3 Å². The first-order valence-electron chi connectivity index (χ1n) is 6.03. The molecule has 2 heterocycles. The summed E-state index contributed by atoms with van der Waals surface area (Å²) in [7, 11) is 1.52. The second kappa shape index (κ2) is 5.17. The van der Waals surface area contributed by atoms with Gasteiger partial charge in [0.25, 0.3) is 0 Å². The van der Waals surface area contributed by atoms with Gasteiger partial charge in [0.2, 0.25) is 5.78 Å². The van der Waals surface area contributed by atoms with E-state index in [-0.39, 0.29) is 5.78 Å². The standard InChI is InChI=1S/C13H16N4O2/c1-5-17-12(11(19-4)7-14-17)13(18)10-6-8(2)15-16-9(10)3/h6-7H,5H2,1-4H3. The quantitative estimate of drug-likeness (QED) is 0.780. The van der Waals surface area contributed by atoms with E-state index in [0.29, 0.717) is 34.9 Å². The predicted molar refractivity (Wildman–Crippen MR) is 69.4 cm³/mol. The zero-order valence-corrected chi connectivity index (χ0v) is 11.5. The molecule has 0 spiro atoms. The van der Waals surface area contributed by atoms with Gasteiger partial charge >= 0.3 is 0 Å². The zero-order valence-electron chi connectivity index (χ0n) is 11.5. The van der Waals surface area contributed by atoms with Crippen LogP contribution in [0, 0.1) is 13.8 Å². The Labute approximate surface area is 111 Å². The van der Waals surface area contributed by atoms with Crippen molar-refractivity contribution in [3.05, 3.63) is 34.9 Å². The van der Waals surface area contributed by atoms with Gasteiger partial charge in [0.1, 0.15) is 0 Å². The SMILES string of the molecule is CCn1ncc(OC)c1C(=O)c1cc(C)nnc1C. The summed E-state index contributed by atoms with van der Waals surface area (Å²) in [6, 6.07) is 1.73. The molecule has 100 valence electrons. The molecule has 0 aliphatic heterocycles. The number of rotatable bonds is 4. The number of carbonyl (C=O) groups is 1. The van der Waals surface area contributed by atoms with Crippen LogP contribution in [0.5, 0.6) is 5.75 Å². The molecule has 0 unspecified atom stereocenters. The number of nitrogens with zero attached hydrogens (tertiary/aromatic N) is 4. The number of aryl methyl sites for hydroxylation is 3. The maximum Gasteiger partial charge on any atom is 0.216 e. The van der Waals surface area contributed by atoms with Crippen LogP contribution in [0.1, 0.15) is 34.4 Å². The van der Waals surface area contributed by atoms with Crippen molar-refractivity contribution in [3.63, 3.8) is 0 Å². The van der Waals surface area contributed by atoms with Crippen LogP contribution in [0.15, 0.2) is 12.3 Å². The third kappa shape index (κ3) is 2.33. The molecule has 0 amide bonds. The fourth-order valence-corrected chi connectivity index (χ4v) is 1.89. The summed E-state index contributed by atoms with van der Waals surface area (Å²) in [5, 5.41) is 12.1. The number of ketones is 1. The minimum atomic E-state index is -0.147. The van der Waals surface area contributed by atoms with Gasteiger partial charge in [0.05, 0.1) is 24.7 Å². The maximum absolute atomic E-state index is 12.6. The molecule has 2 rings (SSSR count). The Morgan fingerprint density at radius 3 is 2.74 bits per heavy atom. The van der Waals surface area contributed by atoms with E-state index in [4.69, 9.17) is 4.74 Å². The van der Waals surface area contributed by atoms with Crippen molar-refractivity contribution < 1.29 is 9.53 Å². The summed E-state index contributed by atoms with van der Waals surface area (Å²) in [6.45, 7) is 6.09. The number of hydrogen-bond acceptors (Lipinski definition) is 5. The molecule has 0 N–H and O–H groups in total. The fourth-order valence-electron chi connectivity index (χ4n) is 1.89. The lowest BCUT2D eigenvalue weighted by atomic mass is 10.1. The van der Waals surface area contributed by atoms with E-state index in [9.17, 15) is 4.79 Å². The van der Waals surface area contributed by atoms with Gasteiger partial charge < -0.3 is 4.74 Å². The molecule has 0 aromatic carbocycles. The Kier molecular flexibility index (Phi) is 3.59. The highest BCUT2D eigenvalue weighted by Crippen LogP contribution is 2.22. The van der Waals surface area contributed by atoms with Crippen LogP contribution >= 0.6 is 0 Å². The average Bonchev–Trinajstić information content (AvgIpc) is 2.83. The highest BCUT2D eigenvalue weighted by atomic mass is 16.5. The van der Waals surface area contributed by atoms with E-state index in [1.807, 2.05) is 6.92 Å². The van der Waals surface area contributed by atoms with Crippen LogP contribution in [0.3, 0.4) is 0 Å². The molecule has 0 saturated carbocycles. The molecule has 0 bridgehead atoms. The lowest BCUT2D eigenvalue weighted by Gasteiger charge is -2.08. The molecule has 0 aliphatic carbocycles. The molecule has 6 heteroatoms. The minimum Gasteiger partial charge on any atom is -0.493 e. The van der Waals surface area contributed by atoms with Crippen LogP contribution in [0.25, 0.3) is 0 Å².